The van der Waals surface area contributed by atoms with E-state index in [0.29, 0.717) is 0 Å². The lowest BCUT2D eigenvalue weighted by atomic mass is 10.1. The molecule has 1 aromatic carbocycles. The molecule has 2 unspecified atom stereocenters. The van der Waals surface area contributed by atoms with Crippen LogP contribution in [0.5, 0.6) is 0 Å². The van der Waals surface area contributed by atoms with Gasteiger partial charge < -0.3 is 22.1 Å². The van der Waals surface area contributed by atoms with Crippen LogP contribution in [0.4, 0.5) is 4.39 Å². The Morgan fingerprint density at radius 1 is 1.14 bits per heavy atom. The van der Waals surface area contributed by atoms with E-state index in [1.807, 2.05) is 0 Å². The van der Waals surface area contributed by atoms with Gasteiger partial charge in [-0.05, 0) is 24.6 Å². The largest absolute Gasteiger partial charge is 0.368 e. The first-order chi connectivity index (χ1) is 13.6. The molecule has 0 radical (unpaired) electrons. The summed E-state index contributed by atoms with van der Waals surface area (Å²) in [6.07, 6.45) is 0.149. The molecule has 4 amide bonds. The fourth-order valence-electron chi connectivity index (χ4n) is 3.32. The predicted octanol–water partition coefficient (Wildman–Crippen LogP) is -0.790. The average Bonchev–Trinajstić information content (AvgIpc) is 3.27. The van der Waals surface area contributed by atoms with E-state index in [0.717, 1.165) is 21.7 Å². The number of hydrogen-bond acceptors (Lipinski definition) is 6. The normalized spacial score (nSPS) is 18.6. The second-order valence-electron chi connectivity index (χ2n) is 6.29. The number of carbonyl (C=O) groups is 4. The van der Waals surface area contributed by atoms with E-state index in [1.165, 1.54) is 6.07 Å². The van der Waals surface area contributed by atoms with E-state index >= 15 is 0 Å². The number of nitrogens with two attached hydrogens (primary N) is 3. The molecule has 0 bridgehead atoms. The monoisotopic (exact) mass is 423 g/mol. The second-order valence-corrected chi connectivity index (χ2v) is 6.70. The van der Waals surface area contributed by atoms with Crippen LogP contribution in [0.1, 0.15) is 43.8 Å². The highest BCUT2D eigenvalue weighted by Crippen LogP contribution is 2.31. The summed E-state index contributed by atoms with van der Waals surface area (Å²) in [4.78, 5) is 49.5. The zero-order valence-electron chi connectivity index (χ0n) is 14.7. The van der Waals surface area contributed by atoms with Crippen molar-refractivity contribution in [2.24, 2.45) is 17.2 Å². The molecule has 1 aliphatic heterocycles. The van der Waals surface area contributed by atoms with Crippen LogP contribution in [0.2, 0.25) is 5.02 Å². The zero-order valence-corrected chi connectivity index (χ0v) is 15.5. The van der Waals surface area contributed by atoms with Crippen LogP contribution in [-0.2, 0) is 4.79 Å². The summed E-state index contributed by atoms with van der Waals surface area (Å²) in [5.41, 5.74) is 15.2. The van der Waals surface area contributed by atoms with Gasteiger partial charge >= 0.3 is 0 Å². The number of amides is 4. The minimum Gasteiger partial charge on any atom is -0.368 e. The highest BCUT2D eigenvalue weighted by Gasteiger charge is 2.44. The molecular weight excluding hydrogens is 409 g/mol. The number of aromatic nitrogens is 3. The van der Waals surface area contributed by atoms with Crippen LogP contribution in [0.15, 0.2) is 18.2 Å². The van der Waals surface area contributed by atoms with Crippen LogP contribution in [-0.4, -0.2) is 56.1 Å². The van der Waals surface area contributed by atoms with Gasteiger partial charge in [-0.25, -0.2) is 9.07 Å². The van der Waals surface area contributed by atoms with E-state index in [1.54, 1.807) is 0 Å². The minimum absolute atomic E-state index is 0.0369. The first-order valence-electron chi connectivity index (χ1n) is 8.23. The summed E-state index contributed by atoms with van der Waals surface area (Å²) in [5.74, 6) is -4.30. The van der Waals surface area contributed by atoms with E-state index in [2.05, 4.69) is 10.3 Å². The molecule has 1 aliphatic rings. The van der Waals surface area contributed by atoms with Gasteiger partial charge in [0.1, 0.15) is 11.9 Å². The molecule has 6 N–H and O–H groups in total. The summed E-state index contributed by atoms with van der Waals surface area (Å²) < 4.78 is 14.4. The Hall–Kier alpha value is -3.54. The molecule has 2 aromatic rings. The summed E-state index contributed by atoms with van der Waals surface area (Å²) in [5, 5.41) is 7.00. The van der Waals surface area contributed by atoms with Crippen molar-refractivity contribution in [3.8, 4) is 0 Å². The zero-order chi connectivity index (χ0) is 21.5. The smallest absolute Gasteiger partial charge is 0.271 e. The molecule has 29 heavy (non-hydrogen) atoms. The van der Waals surface area contributed by atoms with Crippen LogP contribution >= 0.6 is 11.6 Å². The molecule has 1 aromatic heterocycles. The third-order valence-corrected chi connectivity index (χ3v) is 4.85. The Morgan fingerprint density at radius 3 is 2.38 bits per heavy atom. The lowest BCUT2D eigenvalue weighted by molar-refractivity contribution is -0.122. The maximum Gasteiger partial charge on any atom is 0.271 e. The van der Waals surface area contributed by atoms with Crippen LogP contribution in [0.25, 0.3) is 0 Å². The molecule has 1 fully saturated rings. The summed E-state index contributed by atoms with van der Waals surface area (Å²) >= 11 is 5.72. The van der Waals surface area contributed by atoms with E-state index < -0.39 is 52.9 Å². The molecule has 1 saturated heterocycles. The third kappa shape index (κ3) is 3.49. The number of likely N-dealkylation sites (tertiary alicyclic amines) is 1. The van der Waals surface area contributed by atoms with Crippen molar-refractivity contribution in [2.45, 2.75) is 18.5 Å². The van der Waals surface area contributed by atoms with Crippen molar-refractivity contribution >= 4 is 35.2 Å². The molecular formula is C16H15ClFN7O4. The number of rotatable bonds is 5. The van der Waals surface area contributed by atoms with Crippen LogP contribution in [0.3, 0.4) is 0 Å². The molecule has 13 heteroatoms. The first-order valence-corrected chi connectivity index (χ1v) is 8.61. The van der Waals surface area contributed by atoms with Gasteiger partial charge in [-0.2, -0.15) is 0 Å². The topological polar surface area (TPSA) is 180 Å². The van der Waals surface area contributed by atoms with Crippen molar-refractivity contribution in [1.29, 1.82) is 0 Å². The molecule has 0 saturated carbocycles. The second kappa shape index (κ2) is 7.47. The minimum atomic E-state index is -1.24. The van der Waals surface area contributed by atoms with Gasteiger partial charge in [0.15, 0.2) is 11.4 Å². The van der Waals surface area contributed by atoms with Gasteiger partial charge in [0, 0.05) is 12.1 Å². The SMILES string of the molecule is NC(=O)c1nnn(C2CCN(C(=O)c3ccc(F)c(Cl)c3)C2C(N)=O)c1C(N)=O. The Labute approximate surface area is 167 Å². The maximum absolute atomic E-state index is 13.4. The average molecular weight is 424 g/mol. The quantitative estimate of drug-likeness (QED) is 0.566. The molecule has 152 valence electrons. The molecule has 0 spiro atoms. The summed E-state index contributed by atoms with van der Waals surface area (Å²) in [6, 6.07) is 1.19. The predicted molar refractivity (Wildman–Crippen MR) is 96.1 cm³/mol. The van der Waals surface area contributed by atoms with E-state index in [9.17, 15) is 23.6 Å². The van der Waals surface area contributed by atoms with Crippen LogP contribution in [0, 0.1) is 5.82 Å². The van der Waals surface area contributed by atoms with Gasteiger partial charge in [0.2, 0.25) is 5.91 Å². The van der Waals surface area contributed by atoms with Crippen LogP contribution < -0.4 is 17.2 Å². The van der Waals surface area contributed by atoms with Crippen molar-refractivity contribution < 1.29 is 23.6 Å². The summed E-state index contributed by atoms with van der Waals surface area (Å²) in [6.45, 7) is 0.0517. The third-order valence-electron chi connectivity index (χ3n) is 4.56. The van der Waals surface area contributed by atoms with Crippen molar-refractivity contribution in [1.82, 2.24) is 19.9 Å². The number of primary amides is 3. The molecule has 2 heterocycles. The summed E-state index contributed by atoms with van der Waals surface area (Å²) in [7, 11) is 0. The van der Waals surface area contributed by atoms with Gasteiger partial charge in [-0.1, -0.05) is 16.8 Å². The first kappa shape index (κ1) is 20.2. The van der Waals surface area contributed by atoms with Gasteiger partial charge in [0.25, 0.3) is 17.7 Å². The Bertz CT molecular complexity index is 1040. The maximum atomic E-state index is 13.4. The number of nitrogens with zero attached hydrogens (tertiary/aromatic N) is 4. The van der Waals surface area contributed by atoms with Crippen molar-refractivity contribution in [2.75, 3.05) is 6.54 Å². The molecule has 2 atom stereocenters. The Balaban J connectivity index is 2.01. The highest BCUT2D eigenvalue weighted by atomic mass is 35.5. The van der Waals surface area contributed by atoms with E-state index in [4.69, 9.17) is 28.8 Å². The number of hydrogen-bond donors (Lipinski definition) is 3. The lowest BCUT2D eigenvalue weighted by Crippen LogP contribution is -2.47. The molecule has 0 aliphatic carbocycles. The lowest BCUT2D eigenvalue weighted by Gasteiger charge is -2.26. The fraction of sp³-hybridized carbons (Fsp3) is 0.250. The number of halogens is 2. The Kier molecular flexibility index (Phi) is 5.20. The molecule has 11 nitrogen and oxygen atoms in total. The Morgan fingerprint density at radius 2 is 1.83 bits per heavy atom. The van der Waals surface area contributed by atoms with Gasteiger partial charge in [0.05, 0.1) is 11.1 Å². The molecule has 3 rings (SSSR count). The highest BCUT2D eigenvalue weighted by molar-refractivity contribution is 6.31. The van der Waals surface area contributed by atoms with E-state index in [-0.39, 0.29) is 23.6 Å². The standard InChI is InChI=1S/C16H15ClFN7O4/c17-7-5-6(1-2-8(7)18)16(29)24-4-3-9(11(24)14(20)27)25-12(15(21)28)10(13(19)26)22-23-25/h1-2,5,9,11H,3-4H2,(H2,19,26)(H2,20,27)(H2,21,28). The van der Waals surface area contributed by atoms with Crippen molar-refractivity contribution in [3.63, 3.8) is 0 Å². The number of carbonyl (C=O) groups excluding carboxylic acids is 4. The fourth-order valence-corrected chi connectivity index (χ4v) is 3.50. The van der Waals surface area contributed by atoms with Crippen molar-refractivity contribution in [3.05, 3.63) is 46.0 Å². The van der Waals surface area contributed by atoms with Gasteiger partial charge in [-0.15, -0.1) is 5.10 Å². The van der Waals surface area contributed by atoms with Gasteiger partial charge in [-0.3, -0.25) is 19.2 Å². The number of benzene rings is 1.